The van der Waals surface area contributed by atoms with Gasteiger partial charge in [0.05, 0.1) is 14.2 Å². The molecule has 1 aliphatic rings. The normalized spacial score (nSPS) is 12.7. The lowest BCUT2D eigenvalue weighted by Crippen LogP contribution is -2.35. The van der Waals surface area contributed by atoms with Crippen LogP contribution in [0.2, 0.25) is 0 Å². The Bertz CT molecular complexity index is 898. The van der Waals surface area contributed by atoms with E-state index in [0.717, 1.165) is 24.1 Å². The number of nitrogens with zero attached hydrogens (tertiary/aromatic N) is 1. The zero-order chi connectivity index (χ0) is 20.8. The van der Waals surface area contributed by atoms with Crippen LogP contribution >= 0.6 is 0 Å². The second kappa shape index (κ2) is 9.32. The average Bonchev–Trinajstić information content (AvgIpc) is 2.76. The van der Waals surface area contributed by atoms with Gasteiger partial charge in [0.15, 0.2) is 11.5 Å². The molecule has 7 nitrogen and oxygen atoms in total. The fraction of sp³-hybridized carbons (Fsp3) is 0.364. The molecule has 3 amide bonds. The molecule has 2 aromatic rings. The van der Waals surface area contributed by atoms with Crippen molar-refractivity contribution in [2.24, 2.45) is 0 Å². The van der Waals surface area contributed by atoms with Crippen LogP contribution < -0.4 is 20.1 Å². The van der Waals surface area contributed by atoms with Gasteiger partial charge in [0.1, 0.15) is 0 Å². The van der Waals surface area contributed by atoms with Crippen molar-refractivity contribution in [1.82, 2.24) is 10.2 Å². The molecule has 0 fully saturated rings. The van der Waals surface area contributed by atoms with E-state index in [1.807, 2.05) is 42.2 Å². The quantitative estimate of drug-likeness (QED) is 0.784. The summed E-state index contributed by atoms with van der Waals surface area (Å²) in [6.45, 7) is 3.57. The van der Waals surface area contributed by atoms with Crippen molar-refractivity contribution in [2.45, 2.75) is 32.9 Å². The highest BCUT2D eigenvalue weighted by Crippen LogP contribution is 2.27. The SMILES string of the molecule is CCC(=O)N1CCc2ccc(NC(=O)NCc3ccc(OC)c(OC)c3)cc2C1. The largest absolute Gasteiger partial charge is 0.493 e. The first kappa shape index (κ1) is 20.5. The minimum absolute atomic E-state index is 0.154. The van der Waals surface area contributed by atoms with Gasteiger partial charge in [0.25, 0.3) is 0 Å². The van der Waals surface area contributed by atoms with Gasteiger partial charge in [-0.25, -0.2) is 4.79 Å². The number of hydrogen-bond acceptors (Lipinski definition) is 4. The molecule has 0 spiro atoms. The number of ether oxygens (including phenoxy) is 2. The fourth-order valence-corrected chi connectivity index (χ4v) is 3.42. The summed E-state index contributed by atoms with van der Waals surface area (Å²) in [7, 11) is 3.16. The summed E-state index contributed by atoms with van der Waals surface area (Å²) >= 11 is 0. The molecule has 1 heterocycles. The van der Waals surface area contributed by atoms with Crippen molar-refractivity contribution in [3.63, 3.8) is 0 Å². The highest BCUT2D eigenvalue weighted by Gasteiger charge is 2.20. The molecule has 0 bridgehead atoms. The van der Waals surface area contributed by atoms with E-state index in [9.17, 15) is 9.59 Å². The van der Waals surface area contributed by atoms with Crippen molar-refractivity contribution in [3.05, 3.63) is 53.1 Å². The predicted octanol–water partition coefficient (Wildman–Crippen LogP) is 3.32. The van der Waals surface area contributed by atoms with Gasteiger partial charge < -0.3 is 25.0 Å². The van der Waals surface area contributed by atoms with Gasteiger partial charge in [-0.1, -0.05) is 19.1 Å². The van der Waals surface area contributed by atoms with Crippen LogP contribution in [0.4, 0.5) is 10.5 Å². The molecular formula is C22H27N3O4. The van der Waals surface area contributed by atoms with Crippen LogP contribution in [0.15, 0.2) is 36.4 Å². The van der Waals surface area contributed by atoms with Crippen molar-refractivity contribution >= 4 is 17.6 Å². The standard InChI is InChI=1S/C22H27N3O4/c1-4-21(26)25-10-9-16-6-7-18(12-17(16)14-25)24-22(27)23-13-15-5-8-19(28-2)20(11-15)29-3/h5-8,11-12H,4,9-10,13-14H2,1-3H3,(H2,23,24,27). The van der Waals surface area contributed by atoms with E-state index in [-0.39, 0.29) is 11.9 Å². The highest BCUT2D eigenvalue weighted by molar-refractivity contribution is 5.89. The molecule has 2 N–H and O–H groups in total. The third-order valence-electron chi connectivity index (χ3n) is 5.03. The highest BCUT2D eigenvalue weighted by atomic mass is 16.5. The van der Waals surface area contributed by atoms with Gasteiger partial charge in [0, 0.05) is 31.7 Å². The number of methoxy groups -OCH3 is 2. The number of urea groups is 1. The van der Waals surface area contributed by atoms with Gasteiger partial charge in [-0.05, 0) is 47.4 Å². The van der Waals surface area contributed by atoms with Crippen LogP contribution in [0.25, 0.3) is 0 Å². The minimum Gasteiger partial charge on any atom is -0.493 e. The second-order valence-corrected chi connectivity index (χ2v) is 6.90. The van der Waals surface area contributed by atoms with Crippen LogP contribution in [0.5, 0.6) is 11.5 Å². The summed E-state index contributed by atoms with van der Waals surface area (Å²) in [6.07, 6.45) is 1.35. The Balaban J connectivity index is 1.59. The molecule has 3 rings (SSSR count). The van der Waals surface area contributed by atoms with E-state index < -0.39 is 0 Å². The zero-order valence-corrected chi connectivity index (χ0v) is 17.1. The number of carbonyl (C=O) groups is 2. The van der Waals surface area contributed by atoms with E-state index in [1.54, 1.807) is 20.3 Å². The molecule has 2 aromatic carbocycles. The molecule has 0 aromatic heterocycles. The van der Waals surface area contributed by atoms with Gasteiger partial charge >= 0.3 is 6.03 Å². The van der Waals surface area contributed by atoms with E-state index in [2.05, 4.69) is 10.6 Å². The summed E-state index contributed by atoms with van der Waals surface area (Å²) in [4.78, 5) is 26.1. The summed E-state index contributed by atoms with van der Waals surface area (Å²) in [6, 6.07) is 11.1. The Morgan fingerprint density at radius 1 is 1.03 bits per heavy atom. The number of nitrogens with one attached hydrogen (secondary N) is 2. The Labute approximate surface area is 171 Å². The number of carbonyl (C=O) groups excluding carboxylic acids is 2. The van der Waals surface area contributed by atoms with E-state index in [1.165, 1.54) is 5.56 Å². The third-order valence-corrected chi connectivity index (χ3v) is 5.03. The minimum atomic E-state index is -0.294. The summed E-state index contributed by atoms with van der Waals surface area (Å²) < 4.78 is 10.5. The van der Waals surface area contributed by atoms with E-state index in [4.69, 9.17) is 9.47 Å². The average molecular weight is 397 g/mol. The maximum Gasteiger partial charge on any atom is 0.319 e. The fourth-order valence-electron chi connectivity index (χ4n) is 3.42. The van der Waals surface area contributed by atoms with Gasteiger partial charge in [0.2, 0.25) is 5.91 Å². The van der Waals surface area contributed by atoms with Crippen LogP contribution in [-0.4, -0.2) is 37.6 Å². The number of fused-ring (bicyclic) bond motifs is 1. The number of hydrogen-bond donors (Lipinski definition) is 2. The molecule has 7 heteroatoms. The lowest BCUT2D eigenvalue weighted by molar-refractivity contribution is -0.131. The van der Waals surface area contributed by atoms with Crippen molar-refractivity contribution < 1.29 is 19.1 Å². The first-order valence-corrected chi connectivity index (χ1v) is 9.69. The Morgan fingerprint density at radius 2 is 1.83 bits per heavy atom. The molecule has 1 aliphatic heterocycles. The van der Waals surface area contributed by atoms with Crippen LogP contribution in [0, 0.1) is 0 Å². The van der Waals surface area contributed by atoms with Gasteiger partial charge in [-0.15, -0.1) is 0 Å². The molecule has 154 valence electrons. The number of amides is 3. The zero-order valence-electron chi connectivity index (χ0n) is 17.1. The predicted molar refractivity (Wildman–Crippen MR) is 111 cm³/mol. The maximum absolute atomic E-state index is 12.3. The molecule has 0 atom stereocenters. The van der Waals surface area contributed by atoms with Gasteiger partial charge in [-0.2, -0.15) is 0 Å². The summed E-state index contributed by atoms with van der Waals surface area (Å²) in [5, 5.41) is 5.70. The Kier molecular flexibility index (Phi) is 6.59. The van der Waals surface area contributed by atoms with Crippen LogP contribution in [-0.2, 0) is 24.3 Å². The van der Waals surface area contributed by atoms with Crippen molar-refractivity contribution in [2.75, 3.05) is 26.1 Å². The number of rotatable bonds is 6. The lowest BCUT2D eigenvalue weighted by Gasteiger charge is -2.29. The molecule has 0 unspecified atom stereocenters. The van der Waals surface area contributed by atoms with Crippen molar-refractivity contribution in [3.8, 4) is 11.5 Å². The summed E-state index contributed by atoms with van der Waals surface area (Å²) in [5.41, 5.74) is 3.91. The number of anilines is 1. The molecular weight excluding hydrogens is 370 g/mol. The van der Waals surface area contributed by atoms with Gasteiger partial charge in [-0.3, -0.25) is 4.79 Å². The first-order valence-electron chi connectivity index (χ1n) is 9.69. The molecule has 29 heavy (non-hydrogen) atoms. The Morgan fingerprint density at radius 3 is 2.55 bits per heavy atom. The van der Waals surface area contributed by atoms with E-state index in [0.29, 0.717) is 36.7 Å². The topological polar surface area (TPSA) is 79.9 Å². The molecule has 0 aliphatic carbocycles. The molecule has 0 radical (unpaired) electrons. The smallest absolute Gasteiger partial charge is 0.319 e. The third kappa shape index (κ3) is 4.99. The first-order chi connectivity index (χ1) is 14.0. The molecule has 0 saturated carbocycles. The van der Waals surface area contributed by atoms with Crippen molar-refractivity contribution in [1.29, 1.82) is 0 Å². The summed E-state index contributed by atoms with van der Waals surface area (Å²) in [5.74, 6) is 1.42. The Hall–Kier alpha value is -3.22. The monoisotopic (exact) mass is 397 g/mol. The second-order valence-electron chi connectivity index (χ2n) is 6.90. The van der Waals surface area contributed by atoms with Crippen LogP contribution in [0.1, 0.15) is 30.0 Å². The number of benzene rings is 2. The van der Waals surface area contributed by atoms with Crippen LogP contribution in [0.3, 0.4) is 0 Å². The molecule has 0 saturated heterocycles. The van der Waals surface area contributed by atoms with E-state index >= 15 is 0 Å². The maximum atomic E-state index is 12.3. The lowest BCUT2D eigenvalue weighted by atomic mass is 9.99.